The number of imide groups is 1. The van der Waals surface area contributed by atoms with Crippen LogP contribution in [0.25, 0.3) is 0 Å². The number of likely N-dealkylation sites (tertiary alicyclic amines) is 1. The average Bonchev–Trinajstić information content (AvgIpc) is 2.84. The van der Waals surface area contributed by atoms with Crippen LogP contribution in [0.4, 0.5) is 4.79 Å². The number of hydrogen-bond acceptors (Lipinski definition) is 4. The van der Waals surface area contributed by atoms with Crippen molar-refractivity contribution in [3.8, 4) is 0 Å². The molecule has 8 heteroatoms. The van der Waals surface area contributed by atoms with Crippen molar-refractivity contribution >= 4 is 23.8 Å². The van der Waals surface area contributed by atoms with Gasteiger partial charge in [0.05, 0.1) is 6.54 Å². The quantitative estimate of drug-likeness (QED) is 0.752. The second kappa shape index (κ2) is 6.54. The third-order valence-corrected chi connectivity index (χ3v) is 4.77. The number of urea groups is 1. The number of piperidine rings is 1. The molecule has 2 heterocycles. The molecule has 2 fully saturated rings. The van der Waals surface area contributed by atoms with Crippen LogP contribution in [0.15, 0.2) is 30.3 Å². The van der Waals surface area contributed by atoms with E-state index in [1.807, 2.05) is 6.07 Å². The first-order valence-electron chi connectivity index (χ1n) is 8.14. The molecule has 1 aromatic carbocycles. The van der Waals surface area contributed by atoms with Gasteiger partial charge in [0, 0.05) is 25.7 Å². The summed E-state index contributed by atoms with van der Waals surface area (Å²) < 4.78 is 0. The molecular formula is C17H20N4O4. The first-order chi connectivity index (χ1) is 11.9. The number of carbonyl (C=O) groups is 4. The van der Waals surface area contributed by atoms with E-state index in [2.05, 4.69) is 10.6 Å². The van der Waals surface area contributed by atoms with Gasteiger partial charge in [0.25, 0.3) is 11.8 Å². The van der Waals surface area contributed by atoms with Crippen LogP contribution in [0.5, 0.6) is 0 Å². The summed E-state index contributed by atoms with van der Waals surface area (Å²) in [5.41, 5.74) is -0.397. The molecule has 1 spiro atoms. The molecule has 2 saturated heterocycles. The lowest BCUT2D eigenvalue weighted by Crippen LogP contribution is -2.56. The Labute approximate surface area is 145 Å². The monoisotopic (exact) mass is 344 g/mol. The minimum Gasteiger partial charge on any atom is -0.343 e. The maximum Gasteiger partial charge on any atom is 0.324 e. The Balaban J connectivity index is 1.51. The summed E-state index contributed by atoms with van der Waals surface area (Å²) in [6.07, 6.45) is 0.751. The van der Waals surface area contributed by atoms with Gasteiger partial charge in [-0.1, -0.05) is 18.2 Å². The minimum atomic E-state index is -0.893. The van der Waals surface area contributed by atoms with E-state index in [-0.39, 0.29) is 24.3 Å². The highest BCUT2D eigenvalue weighted by atomic mass is 16.2. The largest absolute Gasteiger partial charge is 0.343 e. The average molecular weight is 344 g/mol. The summed E-state index contributed by atoms with van der Waals surface area (Å²) >= 11 is 0. The molecule has 0 aliphatic carbocycles. The van der Waals surface area contributed by atoms with Crippen molar-refractivity contribution in [2.45, 2.75) is 18.4 Å². The second-order valence-corrected chi connectivity index (χ2v) is 6.31. The Bertz CT molecular complexity index is 711. The molecule has 2 aliphatic rings. The van der Waals surface area contributed by atoms with Crippen molar-refractivity contribution in [2.24, 2.45) is 0 Å². The molecule has 1 aromatic rings. The molecule has 0 saturated carbocycles. The lowest BCUT2D eigenvalue weighted by atomic mass is 9.87. The minimum absolute atomic E-state index is 0.0963. The molecule has 0 unspecified atom stereocenters. The van der Waals surface area contributed by atoms with Crippen LogP contribution in [0, 0.1) is 0 Å². The maximum absolute atomic E-state index is 12.3. The fourth-order valence-corrected chi connectivity index (χ4v) is 3.19. The van der Waals surface area contributed by atoms with E-state index in [0.29, 0.717) is 31.5 Å². The Kier molecular flexibility index (Phi) is 4.43. The molecule has 0 bridgehead atoms. The molecule has 0 atom stereocenters. The van der Waals surface area contributed by atoms with Crippen LogP contribution in [-0.2, 0) is 9.59 Å². The number of carbonyl (C=O) groups excluding carboxylic acids is 4. The zero-order valence-corrected chi connectivity index (χ0v) is 13.9. The van der Waals surface area contributed by atoms with Gasteiger partial charge in [-0.3, -0.25) is 19.3 Å². The number of nitrogens with zero attached hydrogens (tertiary/aromatic N) is 2. The zero-order valence-electron chi connectivity index (χ0n) is 13.9. The van der Waals surface area contributed by atoms with Crippen LogP contribution >= 0.6 is 0 Å². The maximum atomic E-state index is 12.3. The second-order valence-electron chi connectivity index (χ2n) is 6.31. The lowest BCUT2D eigenvalue weighted by Gasteiger charge is -2.37. The molecule has 0 radical (unpaired) electrons. The normalized spacial score (nSPS) is 19.1. The molecule has 5 amide bonds. The van der Waals surface area contributed by atoms with Gasteiger partial charge in [-0.15, -0.1) is 0 Å². The van der Waals surface area contributed by atoms with Gasteiger partial charge in [0.1, 0.15) is 5.54 Å². The Hall–Kier alpha value is -2.90. The Morgan fingerprint density at radius 3 is 2.36 bits per heavy atom. The zero-order chi connectivity index (χ0) is 18.0. The van der Waals surface area contributed by atoms with Crippen LogP contribution < -0.4 is 10.6 Å². The van der Waals surface area contributed by atoms with E-state index in [1.165, 1.54) is 7.05 Å². The Morgan fingerprint density at radius 2 is 1.80 bits per heavy atom. The highest BCUT2D eigenvalue weighted by Gasteiger charge is 2.51. The molecule has 132 valence electrons. The predicted molar refractivity (Wildman–Crippen MR) is 88.6 cm³/mol. The van der Waals surface area contributed by atoms with Crippen LogP contribution in [0.1, 0.15) is 23.2 Å². The number of nitrogens with one attached hydrogen (secondary N) is 2. The molecule has 3 rings (SSSR count). The molecule has 8 nitrogen and oxygen atoms in total. The van der Waals surface area contributed by atoms with Crippen molar-refractivity contribution in [1.82, 2.24) is 20.4 Å². The van der Waals surface area contributed by atoms with E-state index in [4.69, 9.17) is 0 Å². The van der Waals surface area contributed by atoms with E-state index < -0.39 is 11.6 Å². The number of hydrogen-bond donors (Lipinski definition) is 2. The number of amides is 5. The van der Waals surface area contributed by atoms with Crippen molar-refractivity contribution in [1.29, 1.82) is 0 Å². The third-order valence-electron chi connectivity index (χ3n) is 4.77. The fraction of sp³-hybridized carbons (Fsp3) is 0.412. The van der Waals surface area contributed by atoms with Gasteiger partial charge < -0.3 is 15.5 Å². The van der Waals surface area contributed by atoms with Crippen molar-refractivity contribution in [2.75, 3.05) is 26.7 Å². The smallest absolute Gasteiger partial charge is 0.324 e. The molecule has 2 N–H and O–H groups in total. The molecular weight excluding hydrogens is 324 g/mol. The van der Waals surface area contributed by atoms with Gasteiger partial charge in [0.2, 0.25) is 5.91 Å². The van der Waals surface area contributed by atoms with Gasteiger partial charge >= 0.3 is 6.03 Å². The summed E-state index contributed by atoms with van der Waals surface area (Å²) in [6, 6.07) is 8.27. The predicted octanol–water partition coefficient (Wildman–Crippen LogP) is -0.0408. The molecule has 25 heavy (non-hydrogen) atoms. The number of likely N-dealkylation sites (N-methyl/N-ethyl adjacent to an activating group) is 1. The third kappa shape index (κ3) is 3.19. The lowest BCUT2D eigenvalue weighted by molar-refractivity contribution is -0.137. The van der Waals surface area contributed by atoms with Gasteiger partial charge in [-0.05, 0) is 25.0 Å². The van der Waals surface area contributed by atoms with Crippen LogP contribution in [0.2, 0.25) is 0 Å². The summed E-state index contributed by atoms with van der Waals surface area (Å²) in [6.45, 7) is 0.626. The summed E-state index contributed by atoms with van der Waals surface area (Å²) in [5, 5.41) is 5.33. The SMILES string of the molecule is CN1C(=O)NC2(CCN(C(=O)CNC(=O)c3ccccc3)CC2)C1=O. The number of rotatable bonds is 3. The van der Waals surface area contributed by atoms with Crippen LogP contribution in [0.3, 0.4) is 0 Å². The van der Waals surface area contributed by atoms with E-state index in [0.717, 1.165) is 4.90 Å². The van der Waals surface area contributed by atoms with E-state index in [1.54, 1.807) is 29.2 Å². The fourth-order valence-electron chi connectivity index (χ4n) is 3.19. The van der Waals surface area contributed by atoms with E-state index >= 15 is 0 Å². The summed E-state index contributed by atoms with van der Waals surface area (Å²) in [4.78, 5) is 50.8. The summed E-state index contributed by atoms with van der Waals surface area (Å²) in [5.74, 6) is -0.756. The number of benzene rings is 1. The first kappa shape index (κ1) is 16.9. The highest BCUT2D eigenvalue weighted by molar-refractivity contribution is 6.07. The van der Waals surface area contributed by atoms with Gasteiger partial charge in [0.15, 0.2) is 0 Å². The van der Waals surface area contributed by atoms with Gasteiger partial charge in [-0.2, -0.15) is 0 Å². The van der Waals surface area contributed by atoms with Crippen molar-refractivity contribution < 1.29 is 19.2 Å². The first-order valence-corrected chi connectivity index (χ1v) is 8.14. The highest BCUT2D eigenvalue weighted by Crippen LogP contribution is 2.28. The summed E-state index contributed by atoms with van der Waals surface area (Å²) in [7, 11) is 1.45. The van der Waals surface area contributed by atoms with Gasteiger partial charge in [-0.25, -0.2) is 4.79 Å². The van der Waals surface area contributed by atoms with Crippen LogP contribution in [-0.4, -0.2) is 65.8 Å². The standard InChI is InChI=1S/C17H20N4O4/c1-20-15(24)17(19-16(20)25)7-9-21(10-8-17)13(22)11-18-14(23)12-5-3-2-4-6-12/h2-6H,7-11H2,1H3,(H,18,23)(H,19,25). The Morgan fingerprint density at radius 1 is 1.16 bits per heavy atom. The van der Waals surface area contributed by atoms with E-state index in [9.17, 15) is 19.2 Å². The molecule has 0 aromatic heterocycles. The topological polar surface area (TPSA) is 98.8 Å². The molecule has 2 aliphatic heterocycles. The van der Waals surface area contributed by atoms with Crippen molar-refractivity contribution in [3.63, 3.8) is 0 Å². The van der Waals surface area contributed by atoms with Crippen molar-refractivity contribution in [3.05, 3.63) is 35.9 Å².